The SMILES string of the molecule is Nc1c(CBr)[nH]cc(C(F)F)c1=O. The Morgan fingerprint density at radius 2 is 2.23 bits per heavy atom. The van der Waals surface area contributed by atoms with E-state index in [1.165, 1.54) is 0 Å². The van der Waals surface area contributed by atoms with Crippen molar-refractivity contribution in [3.05, 3.63) is 27.7 Å². The van der Waals surface area contributed by atoms with Gasteiger partial charge in [-0.25, -0.2) is 8.78 Å². The number of anilines is 1. The fraction of sp³-hybridized carbons (Fsp3) is 0.286. The molecule has 0 radical (unpaired) electrons. The number of aromatic nitrogens is 1. The smallest absolute Gasteiger partial charge is 0.269 e. The highest BCUT2D eigenvalue weighted by Gasteiger charge is 2.15. The molecule has 6 heteroatoms. The summed E-state index contributed by atoms with van der Waals surface area (Å²) < 4.78 is 24.3. The zero-order valence-electron chi connectivity index (χ0n) is 6.48. The average Bonchev–Trinajstić information content (AvgIpc) is 2.09. The molecule has 0 saturated carbocycles. The second-order valence-electron chi connectivity index (χ2n) is 2.40. The van der Waals surface area contributed by atoms with Crippen LogP contribution in [0.25, 0.3) is 0 Å². The molecule has 0 aliphatic heterocycles. The van der Waals surface area contributed by atoms with Crippen molar-refractivity contribution < 1.29 is 8.78 Å². The summed E-state index contributed by atoms with van der Waals surface area (Å²) in [6.45, 7) is 0. The van der Waals surface area contributed by atoms with Gasteiger partial charge in [-0.1, -0.05) is 15.9 Å². The van der Waals surface area contributed by atoms with Crippen LogP contribution in [0.5, 0.6) is 0 Å². The summed E-state index contributed by atoms with van der Waals surface area (Å²) in [5.41, 5.74) is 4.18. The topological polar surface area (TPSA) is 58.9 Å². The Balaban J connectivity index is 3.32. The van der Waals surface area contributed by atoms with Crippen LogP contribution in [0.15, 0.2) is 11.0 Å². The summed E-state index contributed by atoms with van der Waals surface area (Å²) in [4.78, 5) is 13.7. The van der Waals surface area contributed by atoms with Gasteiger partial charge in [0.25, 0.3) is 6.43 Å². The molecule has 1 heterocycles. The molecule has 0 spiro atoms. The van der Waals surface area contributed by atoms with Crippen LogP contribution >= 0.6 is 15.9 Å². The number of hydrogen-bond donors (Lipinski definition) is 2. The number of nitrogens with two attached hydrogens (primary N) is 1. The van der Waals surface area contributed by atoms with E-state index < -0.39 is 17.4 Å². The van der Waals surface area contributed by atoms with Crippen LogP contribution in [0, 0.1) is 0 Å². The van der Waals surface area contributed by atoms with Gasteiger partial charge in [0, 0.05) is 11.5 Å². The molecule has 1 aromatic rings. The Labute approximate surface area is 81.1 Å². The predicted octanol–water partition coefficient (Wildman–Crippen LogP) is 1.79. The number of H-pyrrole nitrogens is 1. The molecule has 0 bridgehead atoms. The number of aromatic amines is 1. The van der Waals surface area contributed by atoms with Crippen molar-refractivity contribution in [2.24, 2.45) is 0 Å². The third-order valence-electron chi connectivity index (χ3n) is 1.60. The lowest BCUT2D eigenvalue weighted by Gasteiger charge is -2.04. The summed E-state index contributed by atoms with van der Waals surface area (Å²) >= 11 is 3.07. The molecule has 3 N–H and O–H groups in total. The van der Waals surface area contributed by atoms with E-state index in [9.17, 15) is 13.6 Å². The van der Waals surface area contributed by atoms with Crippen LogP contribution in [0.3, 0.4) is 0 Å². The molecule has 0 saturated heterocycles. The highest BCUT2D eigenvalue weighted by Crippen LogP contribution is 2.17. The summed E-state index contributed by atoms with van der Waals surface area (Å²) in [5, 5.41) is 0.331. The molecule has 0 aliphatic carbocycles. The predicted molar refractivity (Wildman–Crippen MR) is 49.1 cm³/mol. The van der Waals surface area contributed by atoms with Crippen LogP contribution in [-0.4, -0.2) is 4.98 Å². The molecule has 0 amide bonds. The van der Waals surface area contributed by atoms with Gasteiger partial charge in [0.1, 0.15) is 5.69 Å². The average molecular weight is 253 g/mol. The molecule has 1 aromatic heterocycles. The lowest BCUT2D eigenvalue weighted by molar-refractivity contribution is 0.150. The first-order valence-electron chi connectivity index (χ1n) is 3.42. The molecular formula is C7H7BrF2N2O. The van der Waals surface area contributed by atoms with E-state index in [1.54, 1.807) is 0 Å². The summed E-state index contributed by atoms with van der Waals surface area (Å²) in [7, 11) is 0. The number of pyridine rings is 1. The van der Waals surface area contributed by atoms with Gasteiger partial charge in [-0.2, -0.15) is 0 Å². The van der Waals surface area contributed by atoms with Gasteiger partial charge in [0.05, 0.1) is 11.3 Å². The first-order chi connectivity index (χ1) is 6.07. The van der Waals surface area contributed by atoms with Crippen LogP contribution in [0.1, 0.15) is 17.7 Å². The zero-order chi connectivity index (χ0) is 10.0. The quantitative estimate of drug-likeness (QED) is 0.789. The van der Waals surface area contributed by atoms with Gasteiger partial charge in [-0.15, -0.1) is 0 Å². The third-order valence-corrected chi connectivity index (χ3v) is 2.16. The lowest BCUT2D eigenvalue weighted by atomic mass is 10.2. The van der Waals surface area contributed by atoms with Crippen molar-refractivity contribution in [3.8, 4) is 0 Å². The minimum atomic E-state index is -2.80. The van der Waals surface area contributed by atoms with E-state index in [0.717, 1.165) is 6.20 Å². The van der Waals surface area contributed by atoms with E-state index in [2.05, 4.69) is 20.9 Å². The molecular weight excluding hydrogens is 246 g/mol. The molecule has 1 rings (SSSR count). The van der Waals surface area contributed by atoms with E-state index in [-0.39, 0.29) is 5.69 Å². The summed E-state index contributed by atoms with van der Waals surface area (Å²) in [6, 6.07) is 0. The molecule has 0 aliphatic rings. The first kappa shape index (κ1) is 10.2. The Kier molecular flexibility index (Phi) is 3.02. The Morgan fingerprint density at radius 3 is 2.69 bits per heavy atom. The fourth-order valence-electron chi connectivity index (χ4n) is 0.873. The second-order valence-corrected chi connectivity index (χ2v) is 2.96. The van der Waals surface area contributed by atoms with E-state index in [4.69, 9.17) is 5.73 Å². The van der Waals surface area contributed by atoms with Gasteiger partial charge in [0.2, 0.25) is 5.43 Å². The van der Waals surface area contributed by atoms with Crippen LogP contribution < -0.4 is 11.2 Å². The number of nitrogens with one attached hydrogen (secondary N) is 1. The number of rotatable bonds is 2. The van der Waals surface area contributed by atoms with Gasteiger partial charge in [-0.05, 0) is 0 Å². The van der Waals surface area contributed by atoms with E-state index >= 15 is 0 Å². The van der Waals surface area contributed by atoms with Crippen LogP contribution in [-0.2, 0) is 5.33 Å². The van der Waals surface area contributed by atoms with E-state index in [0.29, 0.717) is 11.0 Å². The number of nitrogen functional groups attached to an aromatic ring is 1. The first-order valence-corrected chi connectivity index (χ1v) is 4.54. The van der Waals surface area contributed by atoms with Crippen molar-refractivity contribution in [1.82, 2.24) is 4.98 Å². The zero-order valence-corrected chi connectivity index (χ0v) is 8.07. The van der Waals surface area contributed by atoms with E-state index in [1.807, 2.05) is 0 Å². The van der Waals surface area contributed by atoms with Crippen LogP contribution in [0.4, 0.5) is 14.5 Å². The van der Waals surface area contributed by atoms with Crippen LogP contribution in [0.2, 0.25) is 0 Å². The standard InChI is InChI=1S/C7H7BrF2N2O/c8-1-4-5(11)6(13)3(2-12-4)7(9)10/h2,7H,1,11H2,(H,12,13). The maximum Gasteiger partial charge on any atom is 0.269 e. The van der Waals surface area contributed by atoms with Crippen molar-refractivity contribution in [2.45, 2.75) is 11.8 Å². The van der Waals surface area contributed by atoms with Gasteiger partial charge >= 0.3 is 0 Å². The molecule has 72 valence electrons. The molecule has 0 unspecified atom stereocenters. The minimum Gasteiger partial charge on any atom is -0.394 e. The van der Waals surface area contributed by atoms with Gasteiger partial charge in [-0.3, -0.25) is 4.79 Å². The maximum absolute atomic E-state index is 12.2. The minimum absolute atomic E-state index is 0.158. The van der Waals surface area contributed by atoms with Gasteiger partial charge < -0.3 is 10.7 Å². The van der Waals surface area contributed by atoms with Crippen molar-refractivity contribution in [1.29, 1.82) is 0 Å². The molecule has 13 heavy (non-hydrogen) atoms. The largest absolute Gasteiger partial charge is 0.394 e. The highest BCUT2D eigenvalue weighted by atomic mass is 79.9. The number of hydrogen-bond acceptors (Lipinski definition) is 2. The number of halogens is 3. The van der Waals surface area contributed by atoms with Crippen molar-refractivity contribution in [2.75, 3.05) is 5.73 Å². The normalized spacial score (nSPS) is 10.8. The van der Waals surface area contributed by atoms with Gasteiger partial charge in [0.15, 0.2) is 0 Å². The molecule has 0 atom stereocenters. The fourth-order valence-corrected chi connectivity index (χ4v) is 1.34. The third kappa shape index (κ3) is 1.88. The molecule has 0 aromatic carbocycles. The summed E-state index contributed by atoms with van der Waals surface area (Å²) in [6.07, 6.45) is -1.81. The Morgan fingerprint density at radius 1 is 1.62 bits per heavy atom. The second kappa shape index (κ2) is 3.87. The lowest BCUT2D eigenvalue weighted by Crippen LogP contribution is -2.17. The summed E-state index contributed by atoms with van der Waals surface area (Å²) in [5.74, 6) is 0. The monoisotopic (exact) mass is 252 g/mol. The Bertz CT molecular complexity index is 364. The Hall–Kier alpha value is -0.910. The van der Waals surface area contributed by atoms with Crippen molar-refractivity contribution in [3.63, 3.8) is 0 Å². The highest BCUT2D eigenvalue weighted by molar-refractivity contribution is 9.08. The maximum atomic E-state index is 12.2. The van der Waals surface area contributed by atoms with Crippen molar-refractivity contribution >= 4 is 21.6 Å². The molecule has 0 fully saturated rings. The number of alkyl halides is 3. The molecule has 3 nitrogen and oxygen atoms in total.